The van der Waals surface area contributed by atoms with Crippen LogP contribution >= 0.6 is 0 Å². The molecule has 0 radical (unpaired) electrons. The van der Waals surface area contributed by atoms with E-state index in [1.165, 1.54) is 24.3 Å². The van der Waals surface area contributed by atoms with Crippen LogP contribution in [-0.4, -0.2) is 32.9 Å². The molecule has 0 heterocycles. The molecule has 33 heavy (non-hydrogen) atoms. The second kappa shape index (κ2) is 10.8. The van der Waals surface area contributed by atoms with Crippen LogP contribution in [0.2, 0.25) is 0 Å². The second-order valence-electron chi connectivity index (χ2n) is 6.96. The Morgan fingerprint density at radius 1 is 0.879 bits per heavy atom. The number of anilines is 1. The summed E-state index contributed by atoms with van der Waals surface area (Å²) in [4.78, 5) is 24.1. The Morgan fingerprint density at radius 3 is 2.18 bits per heavy atom. The summed E-state index contributed by atoms with van der Waals surface area (Å²) in [5.41, 5.74) is 0.907. The molecule has 0 fully saturated rings. The molecule has 10 heteroatoms. The van der Waals surface area contributed by atoms with Gasteiger partial charge in [-0.2, -0.15) is 4.72 Å². The molecule has 0 bridgehead atoms. The molecular weight excluding hydrogens is 454 g/mol. The molecule has 0 spiro atoms. The van der Waals surface area contributed by atoms with Crippen molar-refractivity contribution < 1.29 is 31.5 Å². The normalized spacial score (nSPS) is 12.1. The van der Waals surface area contributed by atoms with Crippen molar-refractivity contribution in [2.75, 3.05) is 11.9 Å². The van der Waals surface area contributed by atoms with Gasteiger partial charge in [0, 0.05) is 5.69 Å². The predicted octanol–water partition coefficient (Wildman–Crippen LogP) is 3.04. The Labute approximate surface area is 189 Å². The van der Waals surface area contributed by atoms with E-state index >= 15 is 0 Å². The van der Waals surface area contributed by atoms with Crippen LogP contribution in [-0.2, 0) is 30.8 Å². The van der Waals surface area contributed by atoms with Crippen molar-refractivity contribution >= 4 is 27.6 Å². The Balaban J connectivity index is 1.71. The lowest BCUT2D eigenvalue weighted by Crippen LogP contribution is -2.44. The number of benzene rings is 3. The summed E-state index contributed by atoms with van der Waals surface area (Å²) in [5.74, 6) is -3.18. The van der Waals surface area contributed by atoms with Gasteiger partial charge in [0.25, 0.3) is 5.91 Å². The summed E-state index contributed by atoms with van der Waals surface area (Å²) in [5, 5.41) is 2.42. The van der Waals surface area contributed by atoms with Gasteiger partial charge in [-0.3, -0.25) is 9.59 Å². The van der Waals surface area contributed by atoms with Crippen LogP contribution in [0.3, 0.4) is 0 Å². The van der Waals surface area contributed by atoms with Gasteiger partial charge in [0.1, 0.15) is 22.6 Å². The first kappa shape index (κ1) is 24.0. The quantitative estimate of drug-likeness (QED) is 0.464. The standard InChI is InChI=1S/C23H20F2N2O5S/c24-17-10-12-18(13-11-17)26-22(28)15-32-23(29)20(14-16-6-2-1-3-7-16)27-33(30,31)21-9-5-4-8-19(21)25/h1-13,20,27H,14-15H2,(H,26,28)/t20-/m0/s1. The fourth-order valence-corrected chi connectivity index (χ4v) is 4.17. The number of rotatable bonds is 9. The zero-order valence-electron chi connectivity index (χ0n) is 17.2. The van der Waals surface area contributed by atoms with Crippen LogP contribution in [0.1, 0.15) is 5.56 Å². The van der Waals surface area contributed by atoms with Crippen LogP contribution < -0.4 is 10.0 Å². The van der Waals surface area contributed by atoms with Gasteiger partial charge in [-0.05, 0) is 48.4 Å². The summed E-state index contributed by atoms with van der Waals surface area (Å²) in [6.45, 7) is -0.705. The Kier molecular flexibility index (Phi) is 7.86. The van der Waals surface area contributed by atoms with Crippen LogP contribution in [0.5, 0.6) is 0 Å². The maximum atomic E-state index is 14.0. The van der Waals surface area contributed by atoms with Crippen LogP contribution in [0.4, 0.5) is 14.5 Å². The van der Waals surface area contributed by atoms with E-state index in [0.717, 1.165) is 24.3 Å². The minimum absolute atomic E-state index is 0.0903. The second-order valence-corrected chi connectivity index (χ2v) is 8.64. The van der Waals surface area contributed by atoms with E-state index in [4.69, 9.17) is 4.74 Å². The van der Waals surface area contributed by atoms with E-state index in [1.807, 2.05) is 0 Å². The number of esters is 1. The van der Waals surface area contributed by atoms with Crippen molar-refractivity contribution in [3.05, 3.63) is 96.1 Å². The molecule has 3 rings (SSSR count). The number of ether oxygens (including phenoxy) is 1. The van der Waals surface area contributed by atoms with Crippen molar-refractivity contribution in [2.45, 2.75) is 17.4 Å². The van der Waals surface area contributed by atoms with E-state index in [-0.39, 0.29) is 6.42 Å². The zero-order valence-corrected chi connectivity index (χ0v) is 18.0. The lowest BCUT2D eigenvalue weighted by molar-refractivity contribution is -0.149. The number of carbonyl (C=O) groups excluding carboxylic acids is 2. The minimum Gasteiger partial charge on any atom is -0.454 e. The number of nitrogens with one attached hydrogen (secondary N) is 2. The Morgan fingerprint density at radius 2 is 1.52 bits per heavy atom. The van der Waals surface area contributed by atoms with E-state index < -0.39 is 51.1 Å². The highest BCUT2D eigenvalue weighted by Crippen LogP contribution is 2.15. The number of halogens is 2. The number of carbonyl (C=O) groups is 2. The Hall–Kier alpha value is -3.63. The summed E-state index contributed by atoms with van der Waals surface area (Å²) in [7, 11) is -4.41. The van der Waals surface area contributed by atoms with Gasteiger partial charge in [-0.25, -0.2) is 17.2 Å². The van der Waals surface area contributed by atoms with Crippen LogP contribution in [0, 0.1) is 11.6 Å². The summed E-state index contributed by atoms with van der Waals surface area (Å²) >= 11 is 0. The third-order valence-electron chi connectivity index (χ3n) is 4.46. The van der Waals surface area contributed by atoms with E-state index in [9.17, 15) is 26.8 Å². The number of hydrogen-bond donors (Lipinski definition) is 2. The summed E-state index contributed by atoms with van der Waals surface area (Å²) in [6.07, 6.45) is -0.0903. The third kappa shape index (κ3) is 6.93. The third-order valence-corrected chi connectivity index (χ3v) is 5.97. The lowest BCUT2D eigenvalue weighted by Gasteiger charge is -2.18. The molecule has 1 amide bonds. The van der Waals surface area contributed by atoms with Crippen LogP contribution in [0.25, 0.3) is 0 Å². The first-order chi connectivity index (χ1) is 15.7. The van der Waals surface area contributed by atoms with Gasteiger partial charge in [0.15, 0.2) is 6.61 Å². The molecule has 172 valence electrons. The van der Waals surface area contributed by atoms with E-state index in [2.05, 4.69) is 10.0 Å². The molecule has 0 saturated carbocycles. The van der Waals surface area contributed by atoms with Crippen LogP contribution in [0.15, 0.2) is 83.8 Å². The molecule has 1 atom stereocenters. The molecule has 0 aliphatic carbocycles. The molecule has 0 saturated heterocycles. The van der Waals surface area contributed by atoms with Gasteiger partial charge < -0.3 is 10.1 Å². The van der Waals surface area contributed by atoms with E-state index in [1.54, 1.807) is 30.3 Å². The van der Waals surface area contributed by atoms with Gasteiger partial charge in [-0.1, -0.05) is 42.5 Å². The minimum atomic E-state index is -4.41. The van der Waals surface area contributed by atoms with Crippen molar-refractivity contribution in [3.8, 4) is 0 Å². The monoisotopic (exact) mass is 474 g/mol. The molecule has 0 aliphatic rings. The largest absolute Gasteiger partial charge is 0.454 e. The molecule has 7 nitrogen and oxygen atoms in total. The van der Waals surface area contributed by atoms with Gasteiger partial charge >= 0.3 is 5.97 Å². The highest BCUT2D eigenvalue weighted by molar-refractivity contribution is 7.89. The number of amides is 1. The zero-order chi connectivity index (χ0) is 23.8. The first-order valence-electron chi connectivity index (χ1n) is 9.77. The van der Waals surface area contributed by atoms with Gasteiger partial charge in [0.05, 0.1) is 0 Å². The molecule has 0 aromatic heterocycles. The van der Waals surface area contributed by atoms with Crippen molar-refractivity contribution in [1.82, 2.24) is 4.72 Å². The smallest absolute Gasteiger partial charge is 0.325 e. The molecular formula is C23H20F2N2O5S. The fraction of sp³-hybridized carbons (Fsp3) is 0.130. The number of sulfonamides is 1. The van der Waals surface area contributed by atoms with Gasteiger partial charge in [-0.15, -0.1) is 0 Å². The highest BCUT2D eigenvalue weighted by Gasteiger charge is 2.29. The highest BCUT2D eigenvalue weighted by atomic mass is 32.2. The SMILES string of the molecule is O=C(COC(=O)[C@H](Cc1ccccc1)NS(=O)(=O)c1ccccc1F)Nc1ccc(F)cc1. The van der Waals surface area contributed by atoms with Crippen molar-refractivity contribution in [1.29, 1.82) is 0 Å². The summed E-state index contributed by atoms with van der Waals surface area (Å²) < 4.78 is 59.6. The first-order valence-corrected chi connectivity index (χ1v) is 11.3. The molecule has 3 aromatic carbocycles. The van der Waals surface area contributed by atoms with Crippen molar-refractivity contribution in [3.63, 3.8) is 0 Å². The van der Waals surface area contributed by atoms with Gasteiger partial charge in [0.2, 0.25) is 10.0 Å². The van der Waals surface area contributed by atoms with Crippen molar-refractivity contribution in [2.24, 2.45) is 0 Å². The molecule has 3 aromatic rings. The summed E-state index contributed by atoms with van der Waals surface area (Å²) in [6, 6.07) is 16.8. The molecule has 0 unspecified atom stereocenters. The lowest BCUT2D eigenvalue weighted by atomic mass is 10.1. The maximum absolute atomic E-state index is 14.0. The molecule has 0 aliphatic heterocycles. The predicted molar refractivity (Wildman–Crippen MR) is 117 cm³/mol. The topological polar surface area (TPSA) is 102 Å². The molecule has 2 N–H and O–H groups in total. The fourth-order valence-electron chi connectivity index (χ4n) is 2.90. The van der Waals surface area contributed by atoms with E-state index in [0.29, 0.717) is 11.3 Å². The maximum Gasteiger partial charge on any atom is 0.325 e. The Bertz CT molecular complexity index is 1220. The number of hydrogen-bond acceptors (Lipinski definition) is 5. The average molecular weight is 474 g/mol. The average Bonchev–Trinajstić information content (AvgIpc) is 2.79.